The standard InChI is InChI=1S/C23H19ClN2O2/c1-15-7-3-5-9-18(15)23(27)25-22-19-10-6-4-8-16(19)14-26(22)17-11-12-21(28-2)20(24)13-17/h3-13H,14H2,1-2H3. The Morgan fingerprint density at radius 3 is 2.57 bits per heavy atom. The molecule has 5 heteroatoms. The lowest BCUT2D eigenvalue weighted by Gasteiger charge is -2.20. The molecule has 0 bridgehead atoms. The lowest BCUT2D eigenvalue weighted by Crippen LogP contribution is -2.25. The summed E-state index contributed by atoms with van der Waals surface area (Å²) in [6, 6.07) is 21.0. The van der Waals surface area contributed by atoms with Gasteiger partial charge in [-0.3, -0.25) is 4.79 Å². The van der Waals surface area contributed by atoms with Gasteiger partial charge in [-0.05, 0) is 42.3 Å². The van der Waals surface area contributed by atoms with E-state index < -0.39 is 0 Å². The van der Waals surface area contributed by atoms with Crippen LogP contribution in [0.5, 0.6) is 5.75 Å². The number of aryl methyl sites for hydroxylation is 1. The molecule has 1 aliphatic heterocycles. The van der Waals surface area contributed by atoms with E-state index in [0.717, 1.165) is 22.4 Å². The number of anilines is 1. The molecule has 0 spiro atoms. The van der Waals surface area contributed by atoms with Crippen molar-refractivity contribution in [2.24, 2.45) is 4.99 Å². The zero-order chi connectivity index (χ0) is 19.7. The Morgan fingerprint density at radius 2 is 1.82 bits per heavy atom. The molecule has 1 heterocycles. The lowest BCUT2D eigenvalue weighted by molar-refractivity contribution is 0.100. The molecular weight excluding hydrogens is 372 g/mol. The maximum Gasteiger partial charge on any atom is 0.279 e. The summed E-state index contributed by atoms with van der Waals surface area (Å²) in [4.78, 5) is 19.4. The van der Waals surface area contributed by atoms with Crippen molar-refractivity contribution in [2.75, 3.05) is 12.0 Å². The van der Waals surface area contributed by atoms with Gasteiger partial charge in [-0.2, -0.15) is 4.99 Å². The minimum Gasteiger partial charge on any atom is -0.495 e. The van der Waals surface area contributed by atoms with Crippen molar-refractivity contribution in [2.45, 2.75) is 13.5 Å². The molecule has 140 valence electrons. The minimum absolute atomic E-state index is 0.255. The average Bonchev–Trinajstić information content (AvgIpc) is 3.06. The van der Waals surface area contributed by atoms with Crippen molar-refractivity contribution in [1.29, 1.82) is 0 Å². The molecule has 4 nitrogen and oxygen atoms in total. The van der Waals surface area contributed by atoms with Crippen LogP contribution in [0.15, 0.2) is 71.7 Å². The van der Waals surface area contributed by atoms with Gasteiger partial charge >= 0.3 is 0 Å². The van der Waals surface area contributed by atoms with Crippen molar-refractivity contribution < 1.29 is 9.53 Å². The van der Waals surface area contributed by atoms with Gasteiger partial charge in [0, 0.05) is 16.8 Å². The van der Waals surface area contributed by atoms with Crippen LogP contribution < -0.4 is 9.64 Å². The minimum atomic E-state index is -0.255. The Hall–Kier alpha value is -3.11. The Kier molecular flexibility index (Phi) is 4.88. The normalized spacial score (nSPS) is 14.2. The molecule has 0 radical (unpaired) electrons. The summed E-state index contributed by atoms with van der Waals surface area (Å²) in [7, 11) is 1.58. The van der Waals surface area contributed by atoms with Crippen LogP contribution in [-0.4, -0.2) is 18.9 Å². The largest absolute Gasteiger partial charge is 0.495 e. The zero-order valence-corrected chi connectivity index (χ0v) is 16.4. The number of aliphatic imine (C=N–C) groups is 1. The van der Waals surface area contributed by atoms with Gasteiger partial charge in [0.1, 0.15) is 11.6 Å². The first-order valence-electron chi connectivity index (χ1n) is 8.96. The molecule has 0 saturated carbocycles. The van der Waals surface area contributed by atoms with E-state index in [1.54, 1.807) is 13.2 Å². The molecular formula is C23H19ClN2O2. The summed E-state index contributed by atoms with van der Waals surface area (Å²) in [5.41, 5.74) is 4.44. The van der Waals surface area contributed by atoms with Crippen molar-refractivity contribution >= 4 is 29.0 Å². The molecule has 0 aromatic heterocycles. The fourth-order valence-corrected chi connectivity index (χ4v) is 3.65. The number of benzene rings is 3. The molecule has 1 amide bonds. The molecule has 0 N–H and O–H groups in total. The van der Waals surface area contributed by atoms with Crippen LogP contribution in [0.1, 0.15) is 27.0 Å². The van der Waals surface area contributed by atoms with Crippen LogP contribution >= 0.6 is 11.6 Å². The van der Waals surface area contributed by atoms with Gasteiger partial charge in [0.05, 0.1) is 18.7 Å². The van der Waals surface area contributed by atoms with E-state index in [4.69, 9.17) is 16.3 Å². The number of methoxy groups -OCH3 is 1. The van der Waals surface area contributed by atoms with Crippen molar-refractivity contribution in [3.63, 3.8) is 0 Å². The summed E-state index contributed by atoms with van der Waals surface area (Å²) in [5.74, 6) is 0.983. The van der Waals surface area contributed by atoms with Crippen molar-refractivity contribution in [3.8, 4) is 5.75 Å². The number of carbonyl (C=O) groups excluding carboxylic acids is 1. The first-order chi connectivity index (χ1) is 13.6. The molecule has 4 rings (SSSR count). The monoisotopic (exact) mass is 390 g/mol. The van der Waals surface area contributed by atoms with Crippen LogP contribution in [0.4, 0.5) is 5.69 Å². The van der Waals surface area contributed by atoms with Gasteiger partial charge in [-0.15, -0.1) is 0 Å². The second-order valence-electron chi connectivity index (χ2n) is 6.62. The number of fused-ring (bicyclic) bond motifs is 1. The van der Waals surface area contributed by atoms with Crippen LogP contribution in [0.25, 0.3) is 0 Å². The maximum absolute atomic E-state index is 12.9. The Labute approximate surface area is 169 Å². The fraction of sp³-hybridized carbons (Fsp3) is 0.130. The van der Waals surface area contributed by atoms with Crippen LogP contribution in [0, 0.1) is 6.92 Å². The molecule has 1 aliphatic rings. The number of rotatable bonds is 3. The van der Waals surface area contributed by atoms with Crippen molar-refractivity contribution in [3.05, 3.63) is 94.0 Å². The predicted octanol–water partition coefficient (Wildman–Crippen LogP) is 5.26. The molecule has 0 unspecified atom stereocenters. The highest BCUT2D eigenvalue weighted by molar-refractivity contribution is 6.32. The van der Waals surface area contributed by atoms with E-state index in [2.05, 4.69) is 4.99 Å². The van der Waals surface area contributed by atoms with E-state index in [0.29, 0.717) is 28.7 Å². The highest BCUT2D eigenvalue weighted by Gasteiger charge is 2.28. The molecule has 0 saturated heterocycles. The van der Waals surface area contributed by atoms with Crippen LogP contribution in [0.2, 0.25) is 5.02 Å². The lowest BCUT2D eigenvalue weighted by atomic mass is 10.1. The highest BCUT2D eigenvalue weighted by atomic mass is 35.5. The molecule has 0 aliphatic carbocycles. The predicted molar refractivity (Wildman–Crippen MR) is 113 cm³/mol. The van der Waals surface area contributed by atoms with Crippen molar-refractivity contribution in [1.82, 2.24) is 0 Å². The Morgan fingerprint density at radius 1 is 1.07 bits per heavy atom. The fourth-order valence-electron chi connectivity index (χ4n) is 3.39. The molecule has 3 aromatic rings. The topological polar surface area (TPSA) is 41.9 Å². The summed E-state index contributed by atoms with van der Waals surface area (Å²) < 4.78 is 5.25. The first-order valence-corrected chi connectivity index (χ1v) is 9.34. The van der Waals surface area contributed by atoms with Gasteiger partial charge < -0.3 is 9.64 Å². The Bertz CT molecular complexity index is 1090. The number of hydrogen-bond donors (Lipinski definition) is 0. The number of ether oxygens (including phenoxy) is 1. The zero-order valence-electron chi connectivity index (χ0n) is 15.6. The molecule has 0 fully saturated rings. The highest BCUT2D eigenvalue weighted by Crippen LogP contribution is 2.34. The van der Waals surface area contributed by atoms with Gasteiger partial charge in [0.2, 0.25) is 0 Å². The number of halogens is 1. The smallest absolute Gasteiger partial charge is 0.279 e. The van der Waals surface area contributed by atoms with Gasteiger partial charge in [0.25, 0.3) is 5.91 Å². The quantitative estimate of drug-likeness (QED) is 0.612. The third-order valence-corrected chi connectivity index (χ3v) is 5.17. The summed E-state index contributed by atoms with van der Waals surface area (Å²) in [6.45, 7) is 2.54. The van der Waals surface area contributed by atoms with Crippen LogP contribution in [-0.2, 0) is 6.54 Å². The van der Waals surface area contributed by atoms with E-state index >= 15 is 0 Å². The van der Waals surface area contributed by atoms with E-state index in [1.807, 2.05) is 72.5 Å². The number of amidine groups is 1. The SMILES string of the molecule is COc1ccc(N2Cc3ccccc3C2=NC(=O)c2ccccc2C)cc1Cl. The summed E-state index contributed by atoms with van der Waals surface area (Å²) in [5, 5.41) is 0.514. The maximum atomic E-state index is 12.9. The first kappa shape index (κ1) is 18.3. The van der Waals surface area contributed by atoms with E-state index in [-0.39, 0.29) is 5.91 Å². The average molecular weight is 391 g/mol. The molecule has 3 aromatic carbocycles. The third kappa shape index (κ3) is 3.27. The Balaban J connectivity index is 1.80. The van der Waals surface area contributed by atoms with E-state index in [1.165, 1.54) is 0 Å². The summed E-state index contributed by atoms with van der Waals surface area (Å²) in [6.07, 6.45) is 0. The number of carbonyl (C=O) groups is 1. The van der Waals surface area contributed by atoms with E-state index in [9.17, 15) is 4.79 Å². The van der Waals surface area contributed by atoms with Gasteiger partial charge in [0.15, 0.2) is 0 Å². The number of amides is 1. The molecule has 0 atom stereocenters. The summed E-state index contributed by atoms with van der Waals surface area (Å²) >= 11 is 6.33. The second-order valence-corrected chi connectivity index (χ2v) is 7.02. The third-order valence-electron chi connectivity index (χ3n) is 4.87. The van der Waals surface area contributed by atoms with Gasteiger partial charge in [-0.25, -0.2) is 0 Å². The molecule has 28 heavy (non-hydrogen) atoms. The number of nitrogens with zero attached hydrogens (tertiary/aromatic N) is 2. The second kappa shape index (κ2) is 7.49. The number of hydrogen-bond acceptors (Lipinski definition) is 2. The van der Waals surface area contributed by atoms with Gasteiger partial charge in [-0.1, -0.05) is 54.1 Å². The van der Waals surface area contributed by atoms with Crippen LogP contribution in [0.3, 0.4) is 0 Å².